The summed E-state index contributed by atoms with van der Waals surface area (Å²) in [5.41, 5.74) is 4.76. The van der Waals surface area contributed by atoms with E-state index in [2.05, 4.69) is 51.5 Å². The molecule has 0 aliphatic carbocycles. The number of pyridine rings is 1. The number of halogens is 1. The zero-order valence-electron chi connectivity index (χ0n) is 18.3. The van der Waals surface area contributed by atoms with E-state index in [9.17, 15) is 9.18 Å². The first-order chi connectivity index (χ1) is 16.5. The molecule has 1 amide bonds. The normalized spacial score (nSPS) is 11.1. The monoisotopic (exact) mass is 490 g/mol. The number of amides is 1. The lowest BCUT2D eigenvalue weighted by atomic mass is 10.1. The molecule has 3 heterocycles. The maximum atomic E-state index is 13.4. The van der Waals surface area contributed by atoms with E-state index in [1.807, 2.05) is 22.8 Å². The van der Waals surface area contributed by atoms with Crippen molar-refractivity contribution in [3.63, 3.8) is 0 Å². The molecule has 34 heavy (non-hydrogen) atoms. The van der Waals surface area contributed by atoms with E-state index in [-0.39, 0.29) is 17.5 Å². The van der Waals surface area contributed by atoms with E-state index in [1.54, 1.807) is 18.5 Å². The summed E-state index contributed by atoms with van der Waals surface area (Å²) in [6.07, 6.45) is 3.41. The van der Waals surface area contributed by atoms with Gasteiger partial charge in [-0.2, -0.15) is 0 Å². The van der Waals surface area contributed by atoms with E-state index in [0.717, 1.165) is 16.8 Å². The molecule has 0 aliphatic rings. The third-order valence-corrected chi connectivity index (χ3v) is 7.11. The van der Waals surface area contributed by atoms with Crippen molar-refractivity contribution in [3.05, 3.63) is 77.9 Å². The summed E-state index contributed by atoms with van der Waals surface area (Å²) in [5, 5.41) is 12.6. The summed E-state index contributed by atoms with van der Waals surface area (Å²) >= 11 is 2.52. The second-order valence-corrected chi connectivity index (χ2v) is 9.59. The third-order valence-electron chi connectivity index (χ3n) is 5.25. The van der Waals surface area contributed by atoms with Crippen molar-refractivity contribution in [3.8, 4) is 17.1 Å². The summed E-state index contributed by atoms with van der Waals surface area (Å²) in [5.74, 6) is 0.218. The maximum absolute atomic E-state index is 13.4. The van der Waals surface area contributed by atoms with Gasteiger partial charge in [-0.05, 0) is 67.4 Å². The lowest BCUT2D eigenvalue weighted by Crippen LogP contribution is -2.14. The van der Waals surface area contributed by atoms with Gasteiger partial charge in [-0.15, -0.1) is 10.2 Å². The standard InChI is InChI=1S/C24H19FN6OS2/c1-14-3-5-18(11-15(14)2)31-22(16-7-9-26-10-8-16)29-30-24(31)33-13-21(32)28-23-27-19-6-4-17(25)12-20(19)34-23/h3-12H,13H2,1-2H3,(H,27,28,32). The van der Waals surface area contributed by atoms with Crippen LogP contribution in [0.25, 0.3) is 27.3 Å². The number of hydrogen-bond acceptors (Lipinski definition) is 7. The number of carbonyl (C=O) groups is 1. The first-order valence-electron chi connectivity index (χ1n) is 10.4. The number of nitrogens with zero attached hydrogens (tertiary/aromatic N) is 5. The second-order valence-electron chi connectivity index (χ2n) is 7.61. The molecule has 1 N–H and O–H groups in total. The fraction of sp³-hybridized carbons (Fsp3) is 0.125. The van der Waals surface area contributed by atoms with Crippen LogP contribution in [0.2, 0.25) is 0 Å². The van der Waals surface area contributed by atoms with Crippen molar-refractivity contribution < 1.29 is 9.18 Å². The second kappa shape index (κ2) is 9.32. The molecule has 0 saturated carbocycles. The molecule has 170 valence electrons. The molecule has 10 heteroatoms. The van der Waals surface area contributed by atoms with Crippen LogP contribution in [0.3, 0.4) is 0 Å². The Kier molecular flexibility index (Phi) is 6.08. The number of rotatable bonds is 6. The van der Waals surface area contributed by atoms with Gasteiger partial charge in [0.1, 0.15) is 5.82 Å². The zero-order chi connectivity index (χ0) is 23.7. The lowest BCUT2D eigenvalue weighted by molar-refractivity contribution is -0.113. The summed E-state index contributed by atoms with van der Waals surface area (Å²) in [6, 6.07) is 14.2. The summed E-state index contributed by atoms with van der Waals surface area (Å²) < 4.78 is 16.1. The van der Waals surface area contributed by atoms with Crippen LogP contribution >= 0.6 is 23.1 Å². The quantitative estimate of drug-likeness (QED) is 0.320. The Bertz CT molecular complexity index is 1500. The predicted molar refractivity (Wildman–Crippen MR) is 133 cm³/mol. The van der Waals surface area contributed by atoms with Gasteiger partial charge in [0.25, 0.3) is 0 Å². The van der Waals surface area contributed by atoms with Crippen LogP contribution in [-0.2, 0) is 4.79 Å². The van der Waals surface area contributed by atoms with Crippen LogP contribution in [0.5, 0.6) is 0 Å². The number of thioether (sulfide) groups is 1. The van der Waals surface area contributed by atoms with E-state index >= 15 is 0 Å². The number of fused-ring (bicyclic) bond motifs is 1. The van der Waals surface area contributed by atoms with E-state index < -0.39 is 0 Å². The van der Waals surface area contributed by atoms with Crippen LogP contribution in [0.1, 0.15) is 11.1 Å². The summed E-state index contributed by atoms with van der Waals surface area (Å²) in [4.78, 5) is 21.1. The Morgan fingerprint density at radius 1 is 1.06 bits per heavy atom. The molecule has 0 aliphatic heterocycles. The minimum Gasteiger partial charge on any atom is -0.301 e. The Morgan fingerprint density at radius 3 is 2.68 bits per heavy atom. The minimum atomic E-state index is -0.333. The number of carbonyl (C=O) groups excluding carboxylic acids is 1. The molecule has 0 radical (unpaired) electrons. The number of benzene rings is 2. The minimum absolute atomic E-state index is 0.115. The van der Waals surface area contributed by atoms with Crippen LogP contribution < -0.4 is 5.32 Å². The van der Waals surface area contributed by atoms with Crippen LogP contribution in [-0.4, -0.2) is 36.4 Å². The van der Waals surface area contributed by atoms with E-state index in [1.165, 1.54) is 40.8 Å². The highest BCUT2D eigenvalue weighted by Gasteiger charge is 2.18. The molecule has 5 rings (SSSR count). The molecule has 3 aromatic heterocycles. The van der Waals surface area contributed by atoms with Gasteiger partial charge in [-0.1, -0.05) is 29.2 Å². The average molecular weight is 491 g/mol. The Morgan fingerprint density at radius 2 is 1.88 bits per heavy atom. The summed E-state index contributed by atoms with van der Waals surface area (Å²) in [7, 11) is 0. The number of aryl methyl sites for hydroxylation is 2. The molecular weight excluding hydrogens is 471 g/mol. The van der Waals surface area contributed by atoms with Gasteiger partial charge in [-0.25, -0.2) is 9.37 Å². The zero-order valence-corrected chi connectivity index (χ0v) is 20.0. The largest absolute Gasteiger partial charge is 0.301 e. The van der Waals surface area contributed by atoms with Gasteiger partial charge in [0.15, 0.2) is 16.1 Å². The fourth-order valence-corrected chi connectivity index (χ4v) is 5.05. The van der Waals surface area contributed by atoms with Gasteiger partial charge in [0.2, 0.25) is 5.91 Å². The van der Waals surface area contributed by atoms with E-state index in [4.69, 9.17) is 0 Å². The first kappa shape index (κ1) is 22.2. The van der Waals surface area contributed by atoms with Crippen molar-refractivity contribution in [2.24, 2.45) is 0 Å². The Balaban J connectivity index is 1.40. The molecule has 0 unspecified atom stereocenters. The van der Waals surface area contributed by atoms with Crippen molar-refractivity contribution >= 4 is 44.4 Å². The molecule has 2 aromatic carbocycles. The van der Waals surface area contributed by atoms with Gasteiger partial charge >= 0.3 is 0 Å². The first-order valence-corrected chi connectivity index (χ1v) is 12.2. The highest BCUT2D eigenvalue weighted by molar-refractivity contribution is 7.99. The fourth-order valence-electron chi connectivity index (χ4n) is 3.39. The molecule has 5 aromatic rings. The average Bonchev–Trinajstić information content (AvgIpc) is 3.43. The molecule has 0 atom stereocenters. The van der Waals surface area contributed by atoms with Crippen molar-refractivity contribution in [2.75, 3.05) is 11.1 Å². The Labute approximate surface area is 203 Å². The molecule has 7 nitrogen and oxygen atoms in total. The van der Waals surface area contributed by atoms with Crippen molar-refractivity contribution in [1.29, 1.82) is 0 Å². The highest BCUT2D eigenvalue weighted by atomic mass is 32.2. The smallest absolute Gasteiger partial charge is 0.236 e. The molecule has 0 fully saturated rings. The predicted octanol–water partition coefficient (Wildman–Crippen LogP) is 5.43. The third kappa shape index (κ3) is 4.55. The van der Waals surface area contributed by atoms with E-state index in [0.29, 0.717) is 26.3 Å². The maximum Gasteiger partial charge on any atom is 0.236 e. The highest BCUT2D eigenvalue weighted by Crippen LogP contribution is 2.30. The lowest BCUT2D eigenvalue weighted by Gasteiger charge is -2.12. The summed E-state index contributed by atoms with van der Waals surface area (Å²) in [6.45, 7) is 4.12. The molecular formula is C24H19FN6OS2. The topological polar surface area (TPSA) is 85.6 Å². The Hall–Kier alpha value is -3.63. The number of thiazole rings is 1. The van der Waals surface area contributed by atoms with Gasteiger partial charge < -0.3 is 5.32 Å². The molecule has 0 bridgehead atoms. The SMILES string of the molecule is Cc1ccc(-n2c(SCC(=O)Nc3nc4ccc(F)cc4s3)nnc2-c2ccncc2)cc1C. The van der Waals surface area contributed by atoms with Gasteiger partial charge in [0.05, 0.1) is 21.7 Å². The van der Waals surface area contributed by atoms with Crippen LogP contribution in [0.15, 0.2) is 66.1 Å². The molecule has 0 spiro atoms. The number of aromatic nitrogens is 5. The van der Waals surface area contributed by atoms with Crippen LogP contribution in [0.4, 0.5) is 9.52 Å². The molecule has 0 saturated heterocycles. The number of nitrogens with one attached hydrogen (secondary N) is 1. The van der Waals surface area contributed by atoms with Gasteiger partial charge in [0, 0.05) is 18.0 Å². The van der Waals surface area contributed by atoms with Crippen LogP contribution in [0, 0.1) is 19.7 Å². The van der Waals surface area contributed by atoms with Gasteiger partial charge in [-0.3, -0.25) is 14.3 Å². The van der Waals surface area contributed by atoms with Crippen molar-refractivity contribution in [2.45, 2.75) is 19.0 Å². The number of hydrogen-bond donors (Lipinski definition) is 1. The van der Waals surface area contributed by atoms with Crippen molar-refractivity contribution in [1.82, 2.24) is 24.7 Å². The number of anilines is 1.